The minimum atomic E-state index is -0.939. The van der Waals surface area contributed by atoms with Crippen LogP contribution < -0.4 is 10.7 Å². The number of hydrogen-bond donors (Lipinski definition) is 3. The van der Waals surface area contributed by atoms with E-state index in [2.05, 4.69) is 31.8 Å². The third-order valence-electron chi connectivity index (χ3n) is 2.67. The Morgan fingerprint density at radius 1 is 1.13 bits per heavy atom. The first kappa shape index (κ1) is 17.0. The first-order valence-corrected chi connectivity index (χ1v) is 7.51. The molecule has 0 saturated heterocycles. The fourth-order valence-corrected chi connectivity index (χ4v) is 2.07. The lowest BCUT2D eigenvalue weighted by atomic mass is 10.2. The molecule has 0 aromatic heterocycles. The van der Waals surface area contributed by atoms with Crippen LogP contribution in [0.25, 0.3) is 0 Å². The average molecular weight is 397 g/mol. The normalized spacial score (nSPS) is 10.5. The number of carbonyl (C=O) groups is 2. The summed E-state index contributed by atoms with van der Waals surface area (Å²) in [7, 11) is 0. The van der Waals surface area contributed by atoms with Crippen molar-refractivity contribution >= 4 is 51.2 Å². The molecule has 0 aliphatic heterocycles. The van der Waals surface area contributed by atoms with E-state index < -0.39 is 11.8 Å². The molecule has 0 aliphatic rings. The molecule has 118 valence electrons. The number of benzene rings is 2. The first-order valence-electron chi connectivity index (χ1n) is 6.34. The van der Waals surface area contributed by atoms with Gasteiger partial charge in [0.05, 0.1) is 6.21 Å². The van der Waals surface area contributed by atoms with Gasteiger partial charge in [-0.05, 0) is 42.5 Å². The highest BCUT2D eigenvalue weighted by atomic mass is 79.9. The molecular weight excluding hydrogens is 386 g/mol. The molecular formula is C15H11BrClN3O3. The molecule has 0 radical (unpaired) electrons. The second-order valence-electron chi connectivity index (χ2n) is 4.36. The van der Waals surface area contributed by atoms with Gasteiger partial charge in [-0.25, -0.2) is 5.43 Å². The Bertz CT molecular complexity index is 763. The maximum atomic E-state index is 11.7. The lowest BCUT2D eigenvalue weighted by Gasteiger charge is -2.04. The second kappa shape index (κ2) is 7.75. The zero-order chi connectivity index (χ0) is 16.8. The Balaban J connectivity index is 1.93. The Labute approximate surface area is 145 Å². The van der Waals surface area contributed by atoms with Crippen LogP contribution in [-0.4, -0.2) is 23.1 Å². The van der Waals surface area contributed by atoms with Crippen LogP contribution in [0.1, 0.15) is 5.56 Å². The monoisotopic (exact) mass is 395 g/mol. The number of nitrogens with one attached hydrogen (secondary N) is 2. The number of phenols is 1. The van der Waals surface area contributed by atoms with Crippen LogP contribution >= 0.6 is 27.5 Å². The number of amides is 2. The highest BCUT2D eigenvalue weighted by Gasteiger charge is 2.12. The Hall–Kier alpha value is -2.38. The predicted octanol–water partition coefficient (Wildman–Crippen LogP) is 2.90. The zero-order valence-corrected chi connectivity index (χ0v) is 13.9. The van der Waals surface area contributed by atoms with Gasteiger partial charge >= 0.3 is 11.8 Å². The molecule has 0 bridgehead atoms. The number of anilines is 1. The van der Waals surface area contributed by atoms with E-state index in [1.54, 1.807) is 36.4 Å². The van der Waals surface area contributed by atoms with Gasteiger partial charge in [0, 0.05) is 20.7 Å². The van der Waals surface area contributed by atoms with E-state index in [9.17, 15) is 14.7 Å². The molecule has 0 heterocycles. The van der Waals surface area contributed by atoms with Crippen molar-refractivity contribution in [3.8, 4) is 5.75 Å². The van der Waals surface area contributed by atoms with E-state index in [1.165, 1.54) is 12.3 Å². The Morgan fingerprint density at radius 3 is 2.52 bits per heavy atom. The molecule has 6 nitrogen and oxygen atoms in total. The summed E-state index contributed by atoms with van der Waals surface area (Å²) in [5.41, 5.74) is 2.90. The van der Waals surface area contributed by atoms with Crippen molar-refractivity contribution in [1.29, 1.82) is 0 Å². The van der Waals surface area contributed by atoms with E-state index in [0.29, 0.717) is 16.3 Å². The van der Waals surface area contributed by atoms with Gasteiger partial charge in [-0.1, -0.05) is 27.5 Å². The van der Waals surface area contributed by atoms with Gasteiger partial charge in [-0.2, -0.15) is 5.10 Å². The maximum Gasteiger partial charge on any atom is 0.329 e. The molecule has 0 fully saturated rings. The van der Waals surface area contributed by atoms with Crippen molar-refractivity contribution < 1.29 is 14.7 Å². The molecule has 2 aromatic carbocycles. The first-order chi connectivity index (χ1) is 11.0. The summed E-state index contributed by atoms with van der Waals surface area (Å²) in [5, 5.41) is 16.2. The van der Waals surface area contributed by atoms with Crippen molar-refractivity contribution in [2.45, 2.75) is 0 Å². The number of hydrogen-bond acceptors (Lipinski definition) is 4. The predicted molar refractivity (Wildman–Crippen MR) is 91.6 cm³/mol. The number of nitrogens with zero attached hydrogens (tertiary/aromatic N) is 1. The SMILES string of the molecule is O=C(N/N=C\c1cc(Br)ccc1O)C(=O)Nc1ccc(Cl)cc1. The number of phenolic OH excluding ortho intramolecular Hbond substituents is 1. The van der Waals surface area contributed by atoms with E-state index >= 15 is 0 Å². The van der Waals surface area contributed by atoms with Crippen molar-refractivity contribution in [2.75, 3.05) is 5.32 Å². The molecule has 0 saturated carbocycles. The van der Waals surface area contributed by atoms with E-state index in [1.807, 2.05) is 0 Å². The minimum absolute atomic E-state index is 0.00295. The van der Waals surface area contributed by atoms with Gasteiger partial charge < -0.3 is 10.4 Å². The molecule has 2 amide bonds. The number of aromatic hydroxyl groups is 1. The highest BCUT2D eigenvalue weighted by molar-refractivity contribution is 9.10. The number of halogens is 2. The number of rotatable bonds is 3. The average Bonchev–Trinajstić information content (AvgIpc) is 2.52. The van der Waals surface area contributed by atoms with Crippen molar-refractivity contribution in [3.05, 3.63) is 57.5 Å². The largest absolute Gasteiger partial charge is 0.507 e. The topological polar surface area (TPSA) is 90.8 Å². The van der Waals surface area contributed by atoms with Gasteiger partial charge in [0.2, 0.25) is 0 Å². The number of hydrazone groups is 1. The summed E-state index contributed by atoms with van der Waals surface area (Å²) in [6.45, 7) is 0. The third-order valence-corrected chi connectivity index (χ3v) is 3.41. The van der Waals surface area contributed by atoms with Crippen LogP contribution in [-0.2, 0) is 9.59 Å². The lowest BCUT2D eigenvalue weighted by molar-refractivity contribution is -0.136. The van der Waals surface area contributed by atoms with Crippen molar-refractivity contribution in [2.24, 2.45) is 5.10 Å². The fourth-order valence-electron chi connectivity index (χ4n) is 1.56. The maximum absolute atomic E-state index is 11.7. The van der Waals surface area contributed by atoms with Gasteiger partial charge in [0.1, 0.15) is 5.75 Å². The summed E-state index contributed by atoms with van der Waals surface area (Å²) >= 11 is 8.98. The Morgan fingerprint density at radius 2 is 1.83 bits per heavy atom. The zero-order valence-electron chi connectivity index (χ0n) is 11.6. The molecule has 0 unspecified atom stereocenters. The summed E-state index contributed by atoms with van der Waals surface area (Å²) in [5.74, 6) is -1.81. The van der Waals surface area contributed by atoms with Gasteiger partial charge in [0.15, 0.2) is 0 Å². The molecule has 23 heavy (non-hydrogen) atoms. The third kappa shape index (κ3) is 5.08. The van der Waals surface area contributed by atoms with E-state index in [0.717, 1.165) is 4.47 Å². The molecule has 2 aromatic rings. The fraction of sp³-hybridized carbons (Fsp3) is 0. The van der Waals surface area contributed by atoms with Gasteiger partial charge in [-0.15, -0.1) is 0 Å². The minimum Gasteiger partial charge on any atom is -0.507 e. The summed E-state index contributed by atoms with van der Waals surface area (Å²) < 4.78 is 0.739. The molecule has 0 aliphatic carbocycles. The van der Waals surface area contributed by atoms with Crippen LogP contribution in [0.5, 0.6) is 5.75 Å². The summed E-state index contributed by atoms with van der Waals surface area (Å²) in [4.78, 5) is 23.3. The van der Waals surface area contributed by atoms with Crippen molar-refractivity contribution in [1.82, 2.24) is 5.43 Å². The standard InChI is InChI=1S/C15H11BrClN3O3/c16-10-1-6-13(21)9(7-10)8-18-20-15(23)14(22)19-12-4-2-11(17)3-5-12/h1-8,21H,(H,19,22)(H,20,23)/b18-8-. The van der Waals surface area contributed by atoms with Crippen LogP contribution in [0, 0.1) is 0 Å². The molecule has 2 rings (SSSR count). The second-order valence-corrected chi connectivity index (χ2v) is 5.72. The van der Waals surface area contributed by atoms with E-state index in [4.69, 9.17) is 11.6 Å². The highest BCUT2D eigenvalue weighted by Crippen LogP contribution is 2.19. The summed E-state index contributed by atoms with van der Waals surface area (Å²) in [6.07, 6.45) is 1.23. The van der Waals surface area contributed by atoms with Crippen LogP contribution in [0.3, 0.4) is 0 Å². The molecule has 0 spiro atoms. The van der Waals surface area contributed by atoms with Crippen LogP contribution in [0.15, 0.2) is 52.0 Å². The van der Waals surface area contributed by atoms with Gasteiger partial charge in [0.25, 0.3) is 0 Å². The molecule has 3 N–H and O–H groups in total. The van der Waals surface area contributed by atoms with Crippen molar-refractivity contribution in [3.63, 3.8) is 0 Å². The quantitative estimate of drug-likeness (QED) is 0.423. The van der Waals surface area contributed by atoms with Crippen LogP contribution in [0.2, 0.25) is 5.02 Å². The summed E-state index contributed by atoms with van der Waals surface area (Å²) in [6, 6.07) is 11.0. The molecule has 0 atom stereocenters. The van der Waals surface area contributed by atoms with Gasteiger partial charge in [-0.3, -0.25) is 9.59 Å². The van der Waals surface area contributed by atoms with Crippen LogP contribution in [0.4, 0.5) is 5.69 Å². The Kier molecular flexibility index (Phi) is 5.72. The molecule has 8 heteroatoms. The smallest absolute Gasteiger partial charge is 0.329 e. The number of carbonyl (C=O) groups excluding carboxylic acids is 2. The lowest BCUT2D eigenvalue weighted by Crippen LogP contribution is -2.32. The van der Waals surface area contributed by atoms with E-state index in [-0.39, 0.29) is 5.75 Å².